The van der Waals surface area contributed by atoms with Gasteiger partial charge in [-0.25, -0.2) is 13.6 Å². The van der Waals surface area contributed by atoms with E-state index >= 15 is 0 Å². The van der Waals surface area contributed by atoms with Gasteiger partial charge in [-0.05, 0) is 37.0 Å². The predicted octanol–water partition coefficient (Wildman–Crippen LogP) is 2.21. The molecule has 0 aromatic heterocycles. The van der Waals surface area contributed by atoms with Crippen molar-refractivity contribution in [2.24, 2.45) is 11.1 Å². The number of hydrogen-bond acceptors (Lipinski definition) is 3. The van der Waals surface area contributed by atoms with Gasteiger partial charge in [0.2, 0.25) is 15.9 Å². The van der Waals surface area contributed by atoms with Gasteiger partial charge in [0.25, 0.3) is 0 Å². The Hall–Kier alpha value is -1.40. The molecule has 1 amide bonds. The van der Waals surface area contributed by atoms with Crippen molar-refractivity contribution in [1.29, 1.82) is 0 Å². The fourth-order valence-corrected chi connectivity index (χ4v) is 2.81. The molecule has 1 aromatic rings. The van der Waals surface area contributed by atoms with Gasteiger partial charge in [0.15, 0.2) is 0 Å². The molecule has 124 valence electrons. The number of sulfonamides is 1. The van der Waals surface area contributed by atoms with Gasteiger partial charge in [-0.1, -0.05) is 38.8 Å². The van der Waals surface area contributed by atoms with Crippen LogP contribution in [-0.4, -0.2) is 20.9 Å². The largest absolute Gasteiger partial charge is 0.356 e. The molecule has 5 nitrogen and oxygen atoms in total. The topological polar surface area (TPSA) is 89.3 Å². The summed E-state index contributed by atoms with van der Waals surface area (Å²) in [5.74, 6) is 0.196. The zero-order valence-corrected chi connectivity index (χ0v) is 14.2. The van der Waals surface area contributed by atoms with Crippen molar-refractivity contribution < 1.29 is 13.2 Å². The van der Waals surface area contributed by atoms with E-state index in [1.807, 2.05) is 6.92 Å². The molecule has 0 saturated heterocycles. The van der Waals surface area contributed by atoms with E-state index in [4.69, 9.17) is 5.14 Å². The quantitative estimate of drug-likeness (QED) is 0.729. The highest BCUT2D eigenvalue weighted by Gasteiger charge is 2.15. The summed E-state index contributed by atoms with van der Waals surface area (Å²) in [4.78, 5) is 12.2. The molecule has 0 aliphatic carbocycles. The van der Waals surface area contributed by atoms with Crippen molar-refractivity contribution in [3.05, 3.63) is 29.8 Å². The summed E-state index contributed by atoms with van der Waals surface area (Å²) in [5, 5.41) is 8.00. The molecule has 1 aromatic carbocycles. The lowest BCUT2D eigenvalue weighted by molar-refractivity contribution is -0.125. The molecular formula is C16H26N2O3S. The van der Waals surface area contributed by atoms with Gasteiger partial charge in [-0.2, -0.15) is 0 Å². The van der Waals surface area contributed by atoms with Crippen molar-refractivity contribution in [2.45, 2.75) is 50.8 Å². The summed E-state index contributed by atoms with van der Waals surface area (Å²) < 4.78 is 22.3. The molecule has 0 spiro atoms. The highest BCUT2D eigenvalue weighted by Crippen LogP contribution is 2.13. The molecule has 6 heteroatoms. The van der Waals surface area contributed by atoms with Crippen LogP contribution in [0.3, 0.4) is 0 Å². The first-order valence-corrected chi connectivity index (χ1v) is 9.32. The molecule has 22 heavy (non-hydrogen) atoms. The van der Waals surface area contributed by atoms with Crippen LogP contribution in [0.2, 0.25) is 0 Å². The molecule has 0 aliphatic rings. The average molecular weight is 326 g/mol. The lowest BCUT2D eigenvalue weighted by Crippen LogP contribution is -2.32. The molecule has 0 radical (unpaired) electrons. The van der Waals surface area contributed by atoms with E-state index in [1.54, 1.807) is 12.1 Å². The maximum Gasteiger partial charge on any atom is 0.238 e. The summed E-state index contributed by atoms with van der Waals surface area (Å²) in [7, 11) is -3.65. The van der Waals surface area contributed by atoms with Crippen molar-refractivity contribution >= 4 is 15.9 Å². The van der Waals surface area contributed by atoms with E-state index in [0.717, 1.165) is 31.2 Å². The van der Waals surface area contributed by atoms with Crippen LogP contribution < -0.4 is 10.5 Å². The first-order valence-electron chi connectivity index (χ1n) is 7.78. The number of nitrogens with one attached hydrogen (secondary N) is 1. The SMILES string of the molecule is CCCC[C@H](CC)C(=O)NCCc1ccc(S(N)(=O)=O)cc1. The molecular weight excluding hydrogens is 300 g/mol. The number of hydrogen-bond donors (Lipinski definition) is 2. The Bertz CT molecular complexity index is 568. The second kappa shape index (κ2) is 8.90. The van der Waals surface area contributed by atoms with Gasteiger partial charge in [0, 0.05) is 12.5 Å². The summed E-state index contributed by atoms with van der Waals surface area (Å²) in [5.41, 5.74) is 0.967. The van der Waals surface area contributed by atoms with Crippen molar-refractivity contribution in [3.8, 4) is 0 Å². The number of amides is 1. The number of benzene rings is 1. The van der Waals surface area contributed by atoms with Crippen molar-refractivity contribution in [1.82, 2.24) is 5.32 Å². The molecule has 1 rings (SSSR count). The third kappa shape index (κ3) is 6.15. The van der Waals surface area contributed by atoms with E-state index in [0.29, 0.717) is 13.0 Å². The molecule has 0 heterocycles. The Labute approximate surface area is 133 Å². The fraction of sp³-hybridized carbons (Fsp3) is 0.562. The zero-order valence-electron chi connectivity index (χ0n) is 13.3. The molecule has 3 N–H and O–H groups in total. The third-order valence-corrected chi connectivity index (χ3v) is 4.66. The Balaban J connectivity index is 2.45. The monoisotopic (exact) mass is 326 g/mol. The molecule has 1 atom stereocenters. The van der Waals surface area contributed by atoms with Crippen LogP contribution in [0.5, 0.6) is 0 Å². The minimum atomic E-state index is -3.65. The average Bonchev–Trinajstić information content (AvgIpc) is 2.47. The number of rotatable bonds is 9. The van der Waals surface area contributed by atoms with Crippen LogP contribution >= 0.6 is 0 Å². The maximum absolute atomic E-state index is 12.0. The Morgan fingerprint density at radius 1 is 1.23 bits per heavy atom. The lowest BCUT2D eigenvalue weighted by Gasteiger charge is -2.14. The number of carbonyl (C=O) groups excluding carboxylic acids is 1. The Morgan fingerprint density at radius 3 is 2.36 bits per heavy atom. The molecule has 0 fully saturated rings. The number of carbonyl (C=O) groups is 1. The first-order chi connectivity index (χ1) is 10.4. The smallest absolute Gasteiger partial charge is 0.238 e. The third-order valence-electron chi connectivity index (χ3n) is 3.73. The van der Waals surface area contributed by atoms with E-state index in [9.17, 15) is 13.2 Å². The van der Waals surface area contributed by atoms with Crippen LogP contribution in [0.4, 0.5) is 0 Å². The van der Waals surface area contributed by atoms with Gasteiger partial charge < -0.3 is 5.32 Å². The van der Waals surface area contributed by atoms with Crippen LogP contribution in [-0.2, 0) is 21.2 Å². The summed E-state index contributed by atoms with van der Waals surface area (Å²) in [6.07, 6.45) is 4.62. The molecule has 0 bridgehead atoms. The van der Waals surface area contributed by atoms with Crippen LogP contribution in [0.1, 0.15) is 45.1 Å². The summed E-state index contributed by atoms with van der Waals surface area (Å²) >= 11 is 0. The zero-order chi connectivity index (χ0) is 16.6. The fourth-order valence-electron chi connectivity index (χ4n) is 2.29. The molecule has 0 saturated carbocycles. The highest BCUT2D eigenvalue weighted by molar-refractivity contribution is 7.89. The van der Waals surface area contributed by atoms with Crippen molar-refractivity contribution in [2.75, 3.05) is 6.54 Å². The van der Waals surface area contributed by atoms with Gasteiger partial charge in [0.1, 0.15) is 0 Å². The molecule has 0 unspecified atom stereocenters. The maximum atomic E-state index is 12.0. The van der Waals surface area contributed by atoms with E-state index < -0.39 is 10.0 Å². The highest BCUT2D eigenvalue weighted by atomic mass is 32.2. The predicted molar refractivity (Wildman–Crippen MR) is 87.8 cm³/mol. The van der Waals surface area contributed by atoms with E-state index in [1.165, 1.54) is 12.1 Å². The number of unbranched alkanes of at least 4 members (excludes halogenated alkanes) is 1. The molecule has 0 aliphatic heterocycles. The number of nitrogens with two attached hydrogens (primary N) is 1. The minimum absolute atomic E-state index is 0.0877. The summed E-state index contributed by atoms with van der Waals surface area (Å²) in [6, 6.07) is 6.42. The van der Waals surface area contributed by atoms with Gasteiger partial charge >= 0.3 is 0 Å². The van der Waals surface area contributed by atoms with Gasteiger partial charge in [-0.3, -0.25) is 4.79 Å². The second-order valence-electron chi connectivity index (χ2n) is 5.48. The van der Waals surface area contributed by atoms with Crippen LogP contribution in [0, 0.1) is 5.92 Å². The van der Waals surface area contributed by atoms with Crippen LogP contribution in [0.25, 0.3) is 0 Å². The standard InChI is InChI=1S/C16H26N2O3S/c1-3-5-6-14(4-2)16(19)18-12-11-13-7-9-15(10-8-13)22(17,20)21/h7-10,14H,3-6,11-12H2,1-2H3,(H,18,19)(H2,17,20,21)/t14-/m0/s1. The van der Waals surface area contributed by atoms with E-state index in [2.05, 4.69) is 12.2 Å². The normalized spacial score (nSPS) is 12.9. The number of primary sulfonamides is 1. The Morgan fingerprint density at radius 2 is 1.86 bits per heavy atom. The summed E-state index contributed by atoms with van der Waals surface area (Å²) in [6.45, 7) is 4.71. The first kappa shape index (κ1) is 18.6. The van der Waals surface area contributed by atoms with Crippen molar-refractivity contribution in [3.63, 3.8) is 0 Å². The second-order valence-corrected chi connectivity index (χ2v) is 7.04. The van der Waals surface area contributed by atoms with Gasteiger partial charge in [-0.15, -0.1) is 0 Å². The minimum Gasteiger partial charge on any atom is -0.356 e. The Kier molecular flexibility index (Phi) is 7.55. The lowest BCUT2D eigenvalue weighted by atomic mass is 9.98. The van der Waals surface area contributed by atoms with E-state index in [-0.39, 0.29) is 16.7 Å². The van der Waals surface area contributed by atoms with Gasteiger partial charge in [0.05, 0.1) is 4.90 Å². The van der Waals surface area contributed by atoms with Crippen LogP contribution in [0.15, 0.2) is 29.2 Å².